The molecule has 2 amide bonds. The van der Waals surface area contributed by atoms with Gasteiger partial charge in [-0.3, -0.25) is 4.79 Å². The first-order valence-corrected chi connectivity index (χ1v) is 11.7. The number of amides is 2. The Morgan fingerprint density at radius 2 is 1.56 bits per heavy atom. The molecule has 2 aromatic rings. The number of carbonyl (C=O) groups excluding carboxylic acids is 2. The first-order valence-electron chi connectivity index (χ1n) is 11.7. The van der Waals surface area contributed by atoms with Crippen molar-refractivity contribution in [1.29, 1.82) is 0 Å². The van der Waals surface area contributed by atoms with Crippen LogP contribution in [0.5, 0.6) is 0 Å². The summed E-state index contributed by atoms with van der Waals surface area (Å²) < 4.78 is 5.67. The second-order valence-electron chi connectivity index (χ2n) is 10.3. The number of hydrogen-bond acceptors (Lipinski definition) is 4. The molecule has 0 radical (unpaired) electrons. The summed E-state index contributed by atoms with van der Waals surface area (Å²) in [5.74, 6) is -1.56. The number of rotatable bonds is 8. The molecule has 2 aliphatic rings. The number of benzene rings is 2. The van der Waals surface area contributed by atoms with Crippen molar-refractivity contribution in [3.63, 3.8) is 0 Å². The van der Waals surface area contributed by atoms with Gasteiger partial charge in [0.25, 0.3) is 0 Å². The van der Waals surface area contributed by atoms with E-state index in [4.69, 9.17) is 4.74 Å². The highest BCUT2D eigenvalue weighted by molar-refractivity contribution is 5.92. The zero-order valence-electron chi connectivity index (χ0n) is 20.1. The quantitative estimate of drug-likeness (QED) is 0.540. The number of carboxylic acid groups (broad SMARTS) is 1. The van der Waals surface area contributed by atoms with Gasteiger partial charge in [-0.05, 0) is 54.9 Å². The van der Waals surface area contributed by atoms with Gasteiger partial charge in [0, 0.05) is 12.0 Å². The van der Waals surface area contributed by atoms with Crippen LogP contribution in [0.2, 0.25) is 0 Å². The summed E-state index contributed by atoms with van der Waals surface area (Å²) in [6, 6.07) is 15.7. The number of carboxylic acids is 1. The van der Waals surface area contributed by atoms with Crippen molar-refractivity contribution in [3.8, 4) is 11.1 Å². The van der Waals surface area contributed by atoms with E-state index in [-0.39, 0.29) is 18.4 Å². The van der Waals surface area contributed by atoms with E-state index in [0.717, 1.165) is 22.3 Å². The summed E-state index contributed by atoms with van der Waals surface area (Å²) in [7, 11) is 0. The largest absolute Gasteiger partial charge is 0.480 e. The highest BCUT2D eigenvalue weighted by Gasteiger charge is 2.54. The molecule has 2 aliphatic carbocycles. The molecule has 0 aromatic heterocycles. The molecule has 7 nitrogen and oxygen atoms in total. The Morgan fingerprint density at radius 3 is 2.03 bits per heavy atom. The third kappa shape index (κ3) is 4.27. The molecule has 3 N–H and O–H groups in total. The lowest BCUT2D eigenvalue weighted by atomic mass is 9.77. The Labute approximate surface area is 199 Å². The monoisotopic (exact) mass is 464 g/mol. The van der Waals surface area contributed by atoms with E-state index in [1.54, 1.807) is 13.8 Å². The van der Waals surface area contributed by atoms with Crippen LogP contribution < -0.4 is 10.6 Å². The molecule has 0 aliphatic heterocycles. The predicted octanol–water partition coefficient (Wildman–Crippen LogP) is 4.31. The van der Waals surface area contributed by atoms with Gasteiger partial charge in [0.15, 0.2) is 0 Å². The molecular weight excluding hydrogens is 432 g/mol. The highest BCUT2D eigenvalue weighted by atomic mass is 16.5. The smallest absolute Gasteiger partial charge is 0.407 e. The van der Waals surface area contributed by atoms with Crippen LogP contribution in [0.3, 0.4) is 0 Å². The van der Waals surface area contributed by atoms with Crippen molar-refractivity contribution in [3.05, 3.63) is 59.7 Å². The normalized spacial score (nSPS) is 16.9. The minimum atomic E-state index is -1.18. The van der Waals surface area contributed by atoms with Gasteiger partial charge in [0.1, 0.15) is 12.1 Å². The Balaban J connectivity index is 1.44. The van der Waals surface area contributed by atoms with E-state index in [9.17, 15) is 19.5 Å². The number of hydrogen-bond donors (Lipinski definition) is 3. The molecule has 1 fully saturated rings. The fourth-order valence-electron chi connectivity index (χ4n) is 4.98. The fraction of sp³-hybridized carbons (Fsp3) is 0.444. The van der Waals surface area contributed by atoms with E-state index in [1.165, 1.54) is 0 Å². The van der Waals surface area contributed by atoms with Crippen LogP contribution in [0, 0.1) is 11.3 Å². The maximum atomic E-state index is 13.0. The lowest BCUT2D eigenvalue weighted by Gasteiger charge is -2.37. The molecule has 34 heavy (non-hydrogen) atoms. The Kier molecular flexibility index (Phi) is 6.14. The van der Waals surface area contributed by atoms with E-state index in [0.29, 0.717) is 12.8 Å². The lowest BCUT2D eigenvalue weighted by molar-refractivity contribution is -0.145. The molecule has 1 unspecified atom stereocenters. The molecular formula is C27H32N2O5. The van der Waals surface area contributed by atoms with E-state index < -0.39 is 35.0 Å². The topological polar surface area (TPSA) is 105 Å². The maximum absolute atomic E-state index is 13.0. The number of aliphatic carboxylic acids is 1. The van der Waals surface area contributed by atoms with Crippen molar-refractivity contribution < 1.29 is 24.2 Å². The van der Waals surface area contributed by atoms with Crippen molar-refractivity contribution in [2.75, 3.05) is 6.61 Å². The molecule has 4 rings (SSSR count). The first kappa shape index (κ1) is 23.8. The van der Waals surface area contributed by atoms with Crippen molar-refractivity contribution in [1.82, 2.24) is 10.6 Å². The van der Waals surface area contributed by atoms with E-state index >= 15 is 0 Å². The molecule has 2 aromatic carbocycles. The van der Waals surface area contributed by atoms with Crippen LogP contribution in [0.4, 0.5) is 4.79 Å². The lowest BCUT2D eigenvalue weighted by Crippen LogP contribution is -2.58. The maximum Gasteiger partial charge on any atom is 0.407 e. The Morgan fingerprint density at radius 1 is 1.03 bits per heavy atom. The standard InChI is InChI=1S/C27H32N2O5/c1-16(2)22(26(3,4)23(30)29-27(13-14-27)24(31)32)28-25(33)34-15-21-19-11-7-5-9-17(19)18-10-6-8-12-20(18)21/h5-12,16,21-22H,13-15H2,1-4H3,(H,28,33)(H,29,30)(H,31,32). The van der Waals surface area contributed by atoms with Crippen molar-refractivity contribution in [2.24, 2.45) is 11.3 Å². The van der Waals surface area contributed by atoms with Crippen molar-refractivity contribution >= 4 is 18.0 Å². The molecule has 1 saturated carbocycles. The summed E-state index contributed by atoms with van der Waals surface area (Å²) in [4.78, 5) is 37.4. The highest BCUT2D eigenvalue weighted by Crippen LogP contribution is 2.44. The zero-order valence-corrected chi connectivity index (χ0v) is 20.1. The third-order valence-corrected chi connectivity index (χ3v) is 7.16. The molecule has 0 bridgehead atoms. The van der Waals surface area contributed by atoms with Crippen molar-refractivity contribution in [2.45, 2.75) is 58.0 Å². The van der Waals surface area contributed by atoms with Gasteiger partial charge in [0.05, 0.1) is 5.41 Å². The zero-order chi connectivity index (χ0) is 24.7. The second-order valence-corrected chi connectivity index (χ2v) is 10.3. The summed E-state index contributed by atoms with van der Waals surface area (Å²) in [5.41, 5.74) is 2.33. The fourth-order valence-corrected chi connectivity index (χ4v) is 4.98. The second kappa shape index (κ2) is 8.78. The first-order chi connectivity index (χ1) is 16.1. The van der Waals surface area contributed by atoms with Gasteiger partial charge in [-0.1, -0.05) is 62.4 Å². The summed E-state index contributed by atoms with van der Waals surface area (Å²) in [6.07, 6.45) is 0.230. The number of carbonyl (C=O) groups is 3. The summed E-state index contributed by atoms with van der Waals surface area (Å²) >= 11 is 0. The summed E-state index contributed by atoms with van der Waals surface area (Å²) in [5, 5.41) is 15.0. The average molecular weight is 465 g/mol. The van der Waals surface area contributed by atoms with Crippen LogP contribution in [0.1, 0.15) is 57.6 Å². The molecule has 0 heterocycles. The average Bonchev–Trinajstić information content (AvgIpc) is 3.52. The van der Waals surface area contributed by atoms with Gasteiger partial charge in [-0.15, -0.1) is 0 Å². The Bertz CT molecular complexity index is 1070. The van der Waals surface area contributed by atoms with Crippen LogP contribution in [-0.2, 0) is 14.3 Å². The molecule has 0 spiro atoms. The number of nitrogens with one attached hydrogen (secondary N) is 2. The third-order valence-electron chi connectivity index (χ3n) is 7.16. The molecule has 180 valence electrons. The van der Waals surface area contributed by atoms with Crippen LogP contribution in [-0.4, -0.2) is 41.3 Å². The van der Waals surface area contributed by atoms with Crippen LogP contribution in [0.15, 0.2) is 48.5 Å². The Hall–Kier alpha value is -3.35. The van der Waals surface area contributed by atoms with E-state index in [2.05, 4.69) is 34.9 Å². The van der Waals surface area contributed by atoms with Crippen LogP contribution in [0.25, 0.3) is 11.1 Å². The molecule has 7 heteroatoms. The molecule has 1 atom stereocenters. The number of fused-ring (bicyclic) bond motifs is 3. The van der Waals surface area contributed by atoms with Gasteiger partial charge in [-0.2, -0.15) is 0 Å². The van der Waals surface area contributed by atoms with Crippen LogP contribution >= 0.6 is 0 Å². The number of alkyl carbamates (subject to hydrolysis) is 1. The predicted molar refractivity (Wildman–Crippen MR) is 128 cm³/mol. The summed E-state index contributed by atoms with van der Waals surface area (Å²) in [6.45, 7) is 7.43. The SMILES string of the molecule is CC(C)C(NC(=O)OCC1c2ccccc2-c2ccccc21)C(C)(C)C(=O)NC1(C(=O)O)CC1. The van der Waals surface area contributed by atoms with Gasteiger partial charge in [0.2, 0.25) is 5.91 Å². The molecule has 0 saturated heterocycles. The minimum Gasteiger partial charge on any atom is -0.480 e. The van der Waals surface area contributed by atoms with Gasteiger partial charge >= 0.3 is 12.1 Å². The van der Waals surface area contributed by atoms with Gasteiger partial charge in [-0.25, -0.2) is 9.59 Å². The number of ether oxygens (including phenoxy) is 1. The van der Waals surface area contributed by atoms with Gasteiger partial charge < -0.3 is 20.5 Å². The van der Waals surface area contributed by atoms with E-state index in [1.807, 2.05) is 38.1 Å². The minimum absolute atomic E-state index is 0.0581.